The van der Waals surface area contributed by atoms with Crippen molar-refractivity contribution in [2.24, 2.45) is 16.3 Å². The van der Waals surface area contributed by atoms with Crippen molar-refractivity contribution in [3.8, 4) is 0 Å². The zero-order chi connectivity index (χ0) is 13.2. The van der Waals surface area contributed by atoms with Crippen LogP contribution in [0.1, 0.15) is 39.5 Å². The van der Waals surface area contributed by atoms with Crippen molar-refractivity contribution in [2.75, 3.05) is 13.2 Å². The Morgan fingerprint density at radius 3 is 2.56 bits per heavy atom. The molecule has 1 atom stereocenters. The molecule has 1 unspecified atom stereocenters. The van der Waals surface area contributed by atoms with E-state index in [1.165, 1.54) is 0 Å². The number of nitrogens with zero attached hydrogens (tertiary/aromatic N) is 1. The molecule has 1 saturated carbocycles. The van der Waals surface area contributed by atoms with Gasteiger partial charge in [0.2, 0.25) is 0 Å². The Balaban J connectivity index is 1.90. The number of ether oxygens (including phenoxy) is 1. The van der Waals surface area contributed by atoms with Gasteiger partial charge in [0.25, 0.3) is 0 Å². The molecule has 1 heterocycles. The van der Waals surface area contributed by atoms with E-state index in [2.05, 4.69) is 4.99 Å². The number of Topliss-reactive ketones (excluding diaryl/α,β-unsaturated/α-hetero) is 2. The Labute approximate surface area is 108 Å². The van der Waals surface area contributed by atoms with Gasteiger partial charge >= 0.3 is 0 Å². The highest BCUT2D eigenvalue weighted by Crippen LogP contribution is 2.33. The van der Waals surface area contributed by atoms with Gasteiger partial charge in [0.05, 0.1) is 12.6 Å². The highest BCUT2D eigenvalue weighted by Gasteiger charge is 2.38. The van der Waals surface area contributed by atoms with Crippen LogP contribution in [-0.4, -0.2) is 37.0 Å². The lowest BCUT2D eigenvalue weighted by atomic mass is 9.72. The Morgan fingerprint density at radius 2 is 2.00 bits per heavy atom. The van der Waals surface area contributed by atoms with E-state index in [1.807, 2.05) is 13.8 Å². The van der Waals surface area contributed by atoms with Crippen molar-refractivity contribution in [3.05, 3.63) is 0 Å². The molecule has 0 spiro atoms. The average Bonchev–Trinajstić information content (AvgIpc) is 2.73. The summed E-state index contributed by atoms with van der Waals surface area (Å²) in [5, 5.41) is 0. The summed E-state index contributed by atoms with van der Waals surface area (Å²) < 4.78 is 5.45. The van der Waals surface area contributed by atoms with Crippen molar-refractivity contribution >= 4 is 17.8 Å². The molecule has 4 heteroatoms. The van der Waals surface area contributed by atoms with Crippen LogP contribution in [0.3, 0.4) is 0 Å². The summed E-state index contributed by atoms with van der Waals surface area (Å²) in [6, 6.07) is 0. The van der Waals surface area contributed by atoms with E-state index in [4.69, 9.17) is 4.74 Å². The average molecular weight is 251 g/mol. The van der Waals surface area contributed by atoms with E-state index < -0.39 is 5.92 Å². The van der Waals surface area contributed by atoms with Crippen LogP contribution in [0, 0.1) is 11.3 Å². The number of ketones is 2. The van der Waals surface area contributed by atoms with Gasteiger partial charge in [0.1, 0.15) is 17.5 Å². The van der Waals surface area contributed by atoms with Crippen LogP contribution in [0.15, 0.2) is 4.99 Å². The summed E-state index contributed by atoms with van der Waals surface area (Å²) in [6.45, 7) is 5.29. The van der Waals surface area contributed by atoms with E-state index in [0.29, 0.717) is 19.4 Å². The predicted molar refractivity (Wildman–Crippen MR) is 68.9 cm³/mol. The second kappa shape index (κ2) is 5.31. The van der Waals surface area contributed by atoms with Crippen LogP contribution in [0.5, 0.6) is 0 Å². The quantitative estimate of drug-likeness (QED) is 0.568. The molecule has 2 rings (SSSR count). The molecule has 0 aromatic rings. The molecule has 1 saturated heterocycles. The molecule has 0 amide bonds. The van der Waals surface area contributed by atoms with Crippen LogP contribution >= 0.6 is 0 Å². The summed E-state index contributed by atoms with van der Waals surface area (Å²) in [5.74, 6) is -0.598. The number of hydrogen-bond acceptors (Lipinski definition) is 4. The minimum atomic E-state index is -0.612. The Bertz CT molecular complexity index is 347. The fourth-order valence-corrected chi connectivity index (χ4v) is 2.64. The van der Waals surface area contributed by atoms with Crippen molar-refractivity contribution in [2.45, 2.75) is 45.6 Å². The molecule has 1 aliphatic carbocycles. The van der Waals surface area contributed by atoms with Crippen molar-refractivity contribution in [3.63, 3.8) is 0 Å². The third-order valence-electron chi connectivity index (χ3n) is 3.59. The van der Waals surface area contributed by atoms with Gasteiger partial charge < -0.3 is 4.74 Å². The van der Waals surface area contributed by atoms with Gasteiger partial charge in [-0.25, -0.2) is 0 Å². The molecule has 4 nitrogen and oxygen atoms in total. The van der Waals surface area contributed by atoms with E-state index in [9.17, 15) is 9.59 Å². The van der Waals surface area contributed by atoms with E-state index in [-0.39, 0.29) is 23.1 Å². The van der Waals surface area contributed by atoms with Crippen molar-refractivity contribution < 1.29 is 14.3 Å². The van der Waals surface area contributed by atoms with Crippen LogP contribution < -0.4 is 0 Å². The first-order chi connectivity index (χ1) is 8.48. The lowest BCUT2D eigenvalue weighted by molar-refractivity contribution is -0.136. The van der Waals surface area contributed by atoms with E-state index in [1.54, 1.807) is 6.21 Å². The molecule has 0 bridgehead atoms. The monoisotopic (exact) mass is 251 g/mol. The van der Waals surface area contributed by atoms with Crippen molar-refractivity contribution in [1.29, 1.82) is 0 Å². The molecule has 2 aliphatic rings. The lowest BCUT2D eigenvalue weighted by Crippen LogP contribution is -2.38. The van der Waals surface area contributed by atoms with Gasteiger partial charge in [0, 0.05) is 25.7 Å². The minimum absolute atomic E-state index is 0.00680. The SMILES string of the molecule is CC1(C)CC(=O)C(C=NCC2CCCO2)C(=O)C1. The number of carbonyl (C=O) groups excluding carboxylic acids is 2. The van der Waals surface area contributed by atoms with E-state index in [0.717, 1.165) is 19.4 Å². The van der Waals surface area contributed by atoms with Gasteiger partial charge in [-0.1, -0.05) is 13.8 Å². The van der Waals surface area contributed by atoms with Gasteiger partial charge in [-0.15, -0.1) is 0 Å². The van der Waals surface area contributed by atoms with Crippen LogP contribution in [0.25, 0.3) is 0 Å². The normalized spacial score (nSPS) is 29.3. The second-order valence-corrected chi connectivity index (χ2v) is 6.08. The van der Waals surface area contributed by atoms with Crippen LogP contribution in [0.4, 0.5) is 0 Å². The number of rotatable bonds is 3. The third kappa shape index (κ3) is 3.25. The Kier molecular flexibility index (Phi) is 3.95. The molecule has 0 radical (unpaired) electrons. The second-order valence-electron chi connectivity index (χ2n) is 6.08. The smallest absolute Gasteiger partial charge is 0.149 e. The first kappa shape index (κ1) is 13.4. The maximum absolute atomic E-state index is 11.9. The zero-order valence-electron chi connectivity index (χ0n) is 11.1. The molecule has 2 fully saturated rings. The topological polar surface area (TPSA) is 55.7 Å². The van der Waals surface area contributed by atoms with Gasteiger partial charge in [-0.3, -0.25) is 14.6 Å². The highest BCUT2D eigenvalue weighted by molar-refractivity contribution is 6.16. The molecule has 100 valence electrons. The summed E-state index contributed by atoms with van der Waals surface area (Å²) in [5.41, 5.74) is -0.187. The molecule has 0 aromatic heterocycles. The van der Waals surface area contributed by atoms with Gasteiger partial charge in [0.15, 0.2) is 0 Å². The lowest BCUT2D eigenvalue weighted by Gasteiger charge is -2.30. The largest absolute Gasteiger partial charge is 0.376 e. The summed E-state index contributed by atoms with van der Waals surface area (Å²) >= 11 is 0. The zero-order valence-corrected chi connectivity index (χ0v) is 11.1. The molecule has 0 N–H and O–H groups in total. The number of aliphatic imine (C=N–C) groups is 1. The minimum Gasteiger partial charge on any atom is -0.376 e. The van der Waals surface area contributed by atoms with Crippen LogP contribution in [-0.2, 0) is 14.3 Å². The Hall–Kier alpha value is -1.03. The maximum atomic E-state index is 11.9. The first-order valence-electron chi connectivity index (χ1n) is 6.65. The van der Waals surface area contributed by atoms with Crippen LogP contribution in [0.2, 0.25) is 0 Å². The predicted octanol–water partition coefficient (Wildman–Crippen LogP) is 1.81. The standard InChI is InChI=1S/C14H21NO3/c1-14(2)6-12(16)11(13(17)7-14)9-15-8-10-4-3-5-18-10/h9-11H,3-8H2,1-2H3. The summed E-state index contributed by atoms with van der Waals surface area (Å²) in [7, 11) is 0. The van der Waals surface area contributed by atoms with Gasteiger partial charge in [-0.2, -0.15) is 0 Å². The van der Waals surface area contributed by atoms with Gasteiger partial charge in [-0.05, 0) is 18.3 Å². The molecular weight excluding hydrogens is 230 g/mol. The first-order valence-corrected chi connectivity index (χ1v) is 6.65. The summed E-state index contributed by atoms with van der Waals surface area (Å²) in [6.07, 6.45) is 4.75. The fourth-order valence-electron chi connectivity index (χ4n) is 2.64. The molecular formula is C14H21NO3. The fraction of sp³-hybridized carbons (Fsp3) is 0.786. The molecule has 18 heavy (non-hydrogen) atoms. The van der Waals surface area contributed by atoms with E-state index >= 15 is 0 Å². The number of hydrogen-bond donors (Lipinski definition) is 0. The molecule has 0 aromatic carbocycles. The Morgan fingerprint density at radius 1 is 1.33 bits per heavy atom. The number of carbonyl (C=O) groups is 2. The molecule has 1 aliphatic heterocycles. The maximum Gasteiger partial charge on any atom is 0.149 e. The highest BCUT2D eigenvalue weighted by atomic mass is 16.5. The third-order valence-corrected chi connectivity index (χ3v) is 3.59. The van der Waals surface area contributed by atoms with Crippen molar-refractivity contribution in [1.82, 2.24) is 0 Å². The summed E-state index contributed by atoms with van der Waals surface area (Å²) in [4.78, 5) is 28.0.